The van der Waals surface area contributed by atoms with Crippen molar-refractivity contribution >= 4 is 35.2 Å². The third-order valence-electron chi connectivity index (χ3n) is 9.14. The molecule has 13 heteroatoms. The second kappa shape index (κ2) is 14.2. The van der Waals surface area contributed by atoms with Crippen LogP contribution in [-0.4, -0.2) is 56.9 Å². The fourth-order valence-electron chi connectivity index (χ4n) is 6.40. The lowest BCUT2D eigenvalue weighted by atomic mass is 10.00. The summed E-state index contributed by atoms with van der Waals surface area (Å²) in [5.41, 5.74) is 5.37. The van der Waals surface area contributed by atoms with Crippen molar-refractivity contribution < 1.29 is 33.3 Å². The van der Waals surface area contributed by atoms with Crippen LogP contribution in [0.4, 0.5) is 5.69 Å². The molecule has 2 aromatic heterocycles. The summed E-state index contributed by atoms with van der Waals surface area (Å²) in [6.07, 6.45) is 3.73. The van der Waals surface area contributed by atoms with E-state index in [9.17, 15) is 34.1 Å². The van der Waals surface area contributed by atoms with Crippen LogP contribution in [0, 0.1) is 10.1 Å². The van der Waals surface area contributed by atoms with E-state index in [1.165, 1.54) is 12.1 Å². The number of carbonyl (C=O) groups is 5. The number of hydrogen-bond donors (Lipinski definition) is 2. The summed E-state index contributed by atoms with van der Waals surface area (Å²) in [6.45, 7) is 0.432. The van der Waals surface area contributed by atoms with Crippen LogP contribution in [0.25, 0.3) is 33.8 Å². The van der Waals surface area contributed by atoms with Crippen LogP contribution >= 0.6 is 0 Å². The van der Waals surface area contributed by atoms with Crippen molar-refractivity contribution in [3.63, 3.8) is 0 Å². The molecule has 260 valence electrons. The van der Waals surface area contributed by atoms with E-state index < -0.39 is 34.6 Å². The summed E-state index contributed by atoms with van der Waals surface area (Å²) in [4.78, 5) is 79.2. The number of rotatable bonds is 11. The second-order valence-corrected chi connectivity index (χ2v) is 12.5. The van der Waals surface area contributed by atoms with Crippen molar-refractivity contribution in [3.8, 4) is 33.8 Å². The minimum absolute atomic E-state index is 0.0165. The standard InChI is InChI=1S/C39H31N5O8/c45-35-17-16-33(37(47)42-35)43-38(48)29-15-6-23(20-30(29)39(43)49)4-1-2-18-40-36(46)26-9-7-24(8-10-26)27-21-31(25-11-13-28(14-12-25)44(50)51)41-32(22-27)34-5-3-19-52-34/h3,5-15,19-22,33H,1-2,4,16-18H2,(H,40,46)(H,42,45,47). The van der Waals surface area contributed by atoms with Crippen LogP contribution in [0.5, 0.6) is 0 Å². The first kappa shape index (κ1) is 33.7. The maximum absolute atomic E-state index is 13.1. The maximum Gasteiger partial charge on any atom is 0.269 e. The zero-order valence-electron chi connectivity index (χ0n) is 27.7. The molecule has 52 heavy (non-hydrogen) atoms. The fraction of sp³-hybridized carbons (Fsp3) is 0.179. The third-order valence-corrected chi connectivity index (χ3v) is 9.14. The van der Waals surface area contributed by atoms with E-state index in [0.717, 1.165) is 21.6 Å². The maximum atomic E-state index is 13.1. The average Bonchev–Trinajstić information content (AvgIpc) is 3.78. The Morgan fingerprint density at radius 2 is 1.60 bits per heavy atom. The molecule has 13 nitrogen and oxygen atoms in total. The number of imide groups is 2. The van der Waals surface area contributed by atoms with Gasteiger partial charge in [0.25, 0.3) is 23.4 Å². The smallest absolute Gasteiger partial charge is 0.269 e. The van der Waals surface area contributed by atoms with E-state index in [1.54, 1.807) is 60.9 Å². The lowest BCUT2D eigenvalue weighted by Crippen LogP contribution is -2.54. The van der Waals surface area contributed by atoms with Crippen molar-refractivity contribution in [3.05, 3.63) is 130 Å². The molecule has 1 atom stereocenters. The summed E-state index contributed by atoms with van der Waals surface area (Å²) in [5.74, 6) is -1.80. The molecule has 0 radical (unpaired) electrons. The summed E-state index contributed by atoms with van der Waals surface area (Å²) in [5, 5.41) is 16.3. The second-order valence-electron chi connectivity index (χ2n) is 12.5. The van der Waals surface area contributed by atoms with Gasteiger partial charge in [-0.15, -0.1) is 0 Å². The first-order valence-electron chi connectivity index (χ1n) is 16.7. The molecule has 2 N–H and O–H groups in total. The highest BCUT2D eigenvalue weighted by atomic mass is 16.6. The van der Waals surface area contributed by atoms with Gasteiger partial charge in [-0.25, -0.2) is 4.98 Å². The Morgan fingerprint density at radius 1 is 0.865 bits per heavy atom. The van der Waals surface area contributed by atoms with Crippen LogP contribution in [0.1, 0.15) is 62.3 Å². The van der Waals surface area contributed by atoms with Crippen molar-refractivity contribution in [2.24, 2.45) is 0 Å². The number of nitrogens with zero attached hydrogens (tertiary/aromatic N) is 3. The molecule has 1 unspecified atom stereocenters. The Hall–Kier alpha value is -6.76. The molecule has 1 fully saturated rings. The van der Waals surface area contributed by atoms with Gasteiger partial charge in [-0.2, -0.15) is 0 Å². The Labute approximate surface area is 296 Å². The molecule has 0 saturated carbocycles. The highest BCUT2D eigenvalue weighted by Gasteiger charge is 2.44. The highest BCUT2D eigenvalue weighted by molar-refractivity contribution is 6.23. The number of amides is 5. The van der Waals surface area contributed by atoms with Gasteiger partial charge in [0.15, 0.2) is 5.76 Å². The van der Waals surface area contributed by atoms with Gasteiger partial charge in [0.05, 0.1) is 28.0 Å². The number of carbonyl (C=O) groups excluding carboxylic acids is 5. The molecule has 5 amide bonds. The van der Waals surface area contributed by atoms with E-state index in [0.29, 0.717) is 54.1 Å². The molecule has 1 saturated heterocycles. The quantitative estimate of drug-likeness (QED) is 0.0753. The number of furan rings is 1. The number of pyridine rings is 1. The zero-order valence-corrected chi connectivity index (χ0v) is 27.7. The predicted octanol–water partition coefficient (Wildman–Crippen LogP) is 5.74. The number of benzene rings is 3. The normalized spacial score (nSPS) is 15.4. The minimum atomic E-state index is -1.01. The molecule has 0 aliphatic carbocycles. The van der Waals surface area contributed by atoms with Gasteiger partial charge in [-0.3, -0.25) is 44.3 Å². The highest BCUT2D eigenvalue weighted by Crippen LogP contribution is 2.32. The van der Waals surface area contributed by atoms with E-state index in [-0.39, 0.29) is 35.6 Å². The summed E-state index contributed by atoms with van der Waals surface area (Å²) < 4.78 is 5.59. The monoisotopic (exact) mass is 697 g/mol. The van der Waals surface area contributed by atoms with Gasteiger partial charge in [-0.05, 0) is 103 Å². The number of nitro benzene ring substituents is 1. The molecule has 2 aliphatic rings. The lowest BCUT2D eigenvalue weighted by Gasteiger charge is -2.27. The molecule has 0 spiro atoms. The van der Waals surface area contributed by atoms with Crippen LogP contribution in [0.3, 0.4) is 0 Å². The van der Waals surface area contributed by atoms with E-state index in [1.807, 2.05) is 24.3 Å². The lowest BCUT2D eigenvalue weighted by molar-refractivity contribution is -0.384. The number of hydrogen-bond acceptors (Lipinski definition) is 9. The van der Waals surface area contributed by atoms with Gasteiger partial charge in [0.2, 0.25) is 11.8 Å². The van der Waals surface area contributed by atoms with E-state index in [4.69, 9.17) is 9.40 Å². The largest absolute Gasteiger partial charge is 0.463 e. The van der Waals surface area contributed by atoms with Crippen molar-refractivity contribution in [2.75, 3.05) is 6.54 Å². The molecular formula is C39H31N5O8. The number of nitrogens with one attached hydrogen (secondary N) is 2. The van der Waals surface area contributed by atoms with Crippen molar-refractivity contribution in [1.82, 2.24) is 20.5 Å². The first-order valence-corrected chi connectivity index (χ1v) is 16.7. The predicted molar refractivity (Wildman–Crippen MR) is 188 cm³/mol. The molecular weight excluding hydrogens is 666 g/mol. The minimum Gasteiger partial charge on any atom is -0.463 e. The SMILES string of the molecule is O=C1CCC(N2C(=O)c3ccc(CCCCNC(=O)c4ccc(-c5cc(-c6ccc([N+](=O)[O-])cc6)nc(-c6ccco6)c5)cc4)cc3C2=O)C(=O)N1. The van der Waals surface area contributed by atoms with E-state index >= 15 is 0 Å². The van der Waals surface area contributed by atoms with Crippen LogP contribution in [0.15, 0.2) is 102 Å². The molecule has 2 aliphatic heterocycles. The Morgan fingerprint density at radius 3 is 2.31 bits per heavy atom. The van der Waals surface area contributed by atoms with Crippen molar-refractivity contribution in [2.45, 2.75) is 38.1 Å². The van der Waals surface area contributed by atoms with Crippen LogP contribution in [0.2, 0.25) is 0 Å². The summed E-state index contributed by atoms with van der Waals surface area (Å²) in [7, 11) is 0. The Bertz CT molecular complexity index is 2230. The van der Waals surface area contributed by atoms with Gasteiger partial charge in [0.1, 0.15) is 11.7 Å². The number of unbranched alkanes of at least 4 members (excludes halogenated alkanes) is 1. The molecule has 5 aromatic rings. The topological polar surface area (TPSA) is 182 Å². The first-order chi connectivity index (χ1) is 25.2. The number of non-ortho nitro benzene ring substituents is 1. The number of piperidine rings is 1. The zero-order chi connectivity index (χ0) is 36.4. The van der Waals surface area contributed by atoms with E-state index in [2.05, 4.69) is 10.6 Å². The number of fused-ring (bicyclic) bond motifs is 1. The van der Waals surface area contributed by atoms with Gasteiger partial charge < -0.3 is 9.73 Å². The number of aryl methyl sites for hydroxylation is 1. The summed E-state index contributed by atoms with van der Waals surface area (Å²) >= 11 is 0. The Kier molecular flexibility index (Phi) is 9.23. The van der Waals surface area contributed by atoms with Crippen LogP contribution in [-0.2, 0) is 16.0 Å². The summed E-state index contributed by atoms with van der Waals surface area (Å²) in [6, 6.07) is 24.7. The Balaban J connectivity index is 0.951. The average molecular weight is 698 g/mol. The number of nitro groups is 1. The molecule has 3 aromatic carbocycles. The molecule has 7 rings (SSSR count). The van der Waals surface area contributed by atoms with Gasteiger partial charge in [0, 0.05) is 36.2 Å². The van der Waals surface area contributed by atoms with Crippen molar-refractivity contribution in [1.29, 1.82) is 0 Å². The number of aromatic nitrogens is 1. The van der Waals surface area contributed by atoms with Gasteiger partial charge >= 0.3 is 0 Å². The van der Waals surface area contributed by atoms with Gasteiger partial charge in [-0.1, -0.05) is 18.2 Å². The molecule has 0 bridgehead atoms. The van der Waals surface area contributed by atoms with Crippen LogP contribution < -0.4 is 10.6 Å². The third kappa shape index (κ3) is 6.84. The fourth-order valence-corrected chi connectivity index (χ4v) is 6.40. The molecule has 4 heterocycles.